The first-order valence-corrected chi connectivity index (χ1v) is 6.16. The Balaban J connectivity index is 2.27. The van der Waals surface area contributed by atoms with Crippen LogP contribution < -0.4 is 4.90 Å². The van der Waals surface area contributed by atoms with Crippen molar-refractivity contribution in [2.24, 2.45) is 0 Å². The van der Waals surface area contributed by atoms with Crippen molar-refractivity contribution in [3.05, 3.63) is 59.7 Å². The molecule has 0 spiro atoms. The molecule has 0 radical (unpaired) electrons. The minimum atomic E-state index is -0.406. The third-order valence-electron chi connectivity index (χ3n) is 3.47. The average Bonchev–Trinajstić information content (AvgIpc) is 2.45. The zero-order valence-electron chi connectivity index (χ0n) is 10.6. The number of ketones is 2. The van der Waals surface area contributed by atoms with Crippen LogP contribution in [-0.4, -0.2) is 18.6 Å². The summed E-state index contributed by atoms with van der Waals surface area (Å²) >= 11 is 0. The molecule has 1 aliphatic heterocycles. The molecule has 1 aliphatic rings. The Morgan fingerprint density at radius 1 is 0.895 bits per heavy atom. The van der Waals surface area contributed by atoms with Crippen LogP contribution in [0.1, 0.15) is 15.9 Å². The SMILES string of the molecule is CN1c2ccccc2CC(=O)C(=O)c2ccccc21. The lowest BCUT2D eigenvalue weighted by Gasteiger charge is -2.26. The van der Waals surface area contributed by atoms with Gasteiger partial charge in [-0.3, -0.25) is 9.59 Å². The third kappa shape index (κ3) is 1.83. The van der Waals surface area contributed by atoms with E-state index < -0.39 is 5.78 Å². The summed E-state index contributed by atoms with van der Waals surface area (Å²) in [5.74, 6) is -0.759. The predicted molar refractivity (Wildman–Crippen MR) is 74.0 cm³/mol. The minimum Gasteiger partial charge on any atom is -0.344 e. The van der Waals surface area contributed by atoms with Gasteiger partial charge in [-0.2, -0.15) is 0 Å². The van der Waals surface area contributed by atoms with Gasteiger partial charge in [0, 0.05) is 24.7 Å². The number of Topliss-reactive ketones (excluding diaryl/α,β-unsaturated/α-hetero) is 2. The summed E-state index contributed by atoms with van der Waals surface area (Å²) in [7, 11) is 1.92. The van der Waals surface area contributed by atoms with Crippen LogP contribution in [0, 0.1) is 0 Å². The summed E-state index contributed by atoms with van der Waals surface area (Å²) in [6, 6.07) is 14.9. The monoisotopic (exact) mass is 251 g/mol. The molecule has 0 amide bonds. The molecule has 0 saturated heterocycles. The maximum atomic E-state index is 12.2. The van der Waals surface area contributed by atoms with Crippen molar-refractivity contribution in [1.82, 2.24) is 0 Å². The largest absolute Gasteiger partial charge is 0.344 e. The van der Waals surface area contributed by atoms with Gasteiger partial charge in [-0.25, -0.2) is 0 Å². The predicted octanol–water partition coefficient (Wildman–Crippen LogP) is 2.76. The molecule has 0 aromatic heterocycles. The fourth-order valence-corrected chi connectivity index (χ4v) is 2.48. The molecule has 0 fully saturated rings. The van der Waals surface area contributed by atoms with E-state index in [1.807, 2.05) is 48.3 Å². The molecule has 0 atom stereocenters. The van der Waals surface area contributed by atoms with E-state index in [0.29, 0.717) is 5.56 Å². The Bertz CT molecular complexity index is 676. The number of fused-ring (bicyclic) bond motifs is 2. The lowest BCUT2D eigenvalue weighted by molar-refractivity contribution is -0.114. The van der Waals surface area contributed by atoms with E-state index in [1.54, 1.807) is 12.1 Å². The maximum Gasteiger partial charge on any atom is 0.231 e. The molecule has 0 unspecified atom stereocenters. The first kappa shape index (κ1) is 11.7. The van der Waals surface area contributed by atoms with Gasteiger partial charge in [0.2, 0.25) is 11.6 Å². The van der Waals surface area contributed by atoms with E-state index in [2.05, 4.69) is 0 Å². The van der Waals surface area contributed by atoms with Gasteiger partial charge in [-0.15, -0.1) is 0 Å². The first-order chi connectivity index (χ1) is 9.18. The summed E-state index contributed by atoms with van der Waals surface area (Å²) in [5, 5.41) is 0. The van der Waals surface area contributed by atoms with E-state index in [0.717, 1.165) is 16.9 Å². The third-order valence-corrected chi connectivity index (χ3v) is 3.47. The summed E-state index contributed by atoms with van der Waals surface area (Å²) in [4.78, 5) is 26.2. The van der Waals surface area contributed by atoms with E-state index >= 15 is 0 Å². The lowest BCUT2D eigenvalue weighted by atomic mass is 9.95. The van der Waals surface area contributed by atoms with Crippen LogP contribution in [0.15, 0.2) is 48.5 Å². The van der Waals surface area contributed by atoms with Crippen molar-refractivity contribution >= 4 is 22.9 Å². The maximum absolute atomic E-state index is 12.2. The molecule has 3 rings (SSSR count). The van der Waals surface area contributed by atoms with Crippen molar-refractivity contribution in [1.29, 1.82) is 0 Å². The van der Waals surface area contributed by atoms with Gasteiger partial charge in [0.15, 0.2) is 0 Å². The van der Waals surface area contributed by atoms with Crippen LogP contribution in [-0.2, 0) is 11.2 Å². The number of carbonyl (C=O) groups is 2. The van der Waals surface area contributed by atoms with Crippen LogP contribution >= 0.6 is 0 Å². The lowest BCUT2D eigenvalue weighted by Crippen LogP contribution is -2.25. The van der Waals surface area contributed by atoms with Gasteiger partial charge < -0.3 is 4.90 Å². The first-order valence-electron chi connectivity index (χ1n) is 6.16. The second-order valence-electron chi connectivity index (χ2n) is 4.63. The Morgan fingerprint density at radius 3 is 2.32 bits per heavy atom. The molecule has 2 aromatic carbocycles. The molecule has 94 valence electrons. The smallest absolute Gasteiger partial charge is 0.231 e. The highest BCUT2D eigenvalue weighted by Gasteiger charge is 2.26. The Hall–Kier alpha value is -2.42. The zero-order valence-corrected chi connectivity index (χ0v) is 10.6. The number of nitrogens with zero attached hydrogens (tertiary/aromatic N) is 1. The Kier molecular flexibility index (Phi) is 2.67. The summed E-state index contributed by atoms with van der Waals surface area (Å²) < 4.78 is 0. The van der Waals surface area contributed by atoms with Crippen LogP contribution in [0.4, 0.5) is 11.4 Å². The highest BCUT2D eigenvalue weighted by Crippen LogP contribution is 2.32. The Morgan fingerprint density at radius 2 is 1.53 bits per heavy atom. The van der Waals surface area contributed by atoms with E-state index in [4.69, 9.17) is 0 Å². The molecule has 2 aromatic rings. The number of rotatable bonds is 0. The molecular formula is C16H13NO2. The summed E-state index contributed by atoms with van der Waals surface area (Å²) in [5.41, 5.74) is 3.10. The number of para-hydroxylation sites is 2. The van der Waals surface area contributed by atoms with Gasteiger partial charge in [0.25, 0.3) is 0 Å². The normalized spacial score (nSPS) is 14.5. The number of anilines is 2. The minimum absolute atomic E-state index is 0.160. The highest BCUT2D eigenvalue weighted by molar-refractivity contribution is 6.45. The summed E-state index contributed by atoms with van der Waals surface area (Å²) in [6.45, 7) is 0. The average molecular weight is 251 g/mol. The zero-order chi connectivity index (χ0) is 13.4. The van der Waals surface area contributed by atoms with Gasteiger partial charge >= 0.3 is 0 Å². The molecule has 0 bridgehead atoms. The fraction of sp³-hybridized carbons (Fsp3) is 0.125. The fourth-order valence-electron chi connectivity index (χ4n) is 2.48. The van der Waals surface area contributed by atoms with Crippen molar-refractivity contribution in [2.45, 2.75) is 6.42 Å². The van der Waals surface area contributed by atoms with Crippen molar-refractivity contribution in [2.75, 3.05) is 11.9 Å². The van der Waals surface area contributed by atoms with Crippen molar-refractivity contribution < 1.29 is 9.59 Å². The van der Waals surface area contributed by atoms with Crippen molar-refractivity contribution in [3.63, 3.8) is 0 Å². The number of benzene rings is 2. The standard InChI is InChI=1S/C16H13NO2/c1-17-13-8-4-2-6-11(13)10-15(18)16(19)12-7-3-5-9-14(12)17/h2-9H,10H2,1H3. The molecule has 0 aliphatic carbocycles. The van der Waals surface area contributed by atoms with Gasteiger partial charge in [-0.1, -0.05) is 30.3 Å². The number of hydrogen-bond donors (Lipinski definition) is 0. The number of hydrogen-bond acceptors (Lipinski definition) is 3. The second kappa shape index (κ2) is 4.35. The van der Waals surface area contributed by atoms with Crippen LogP contribution in [0.25, 0.3) is 0 Å². The Labute approximate surface area is 111 Å². The number of carbonyl (C=O) groups excluding carboxylic acids is 2. The molecule has 3 nitrogen and oxygen atoms in total. The van der Waals surface area contributed by atoms with Gasteiger partial charge in [0.1, 0.15) is 0 Å². The molecule has 19 heavy (non-hydrogen) atoms. The van der Waals surface area contributed by atoms with Gasteiger partial charge in [0.05, 0.1) is 5.69 Å². The van der Waals surface area contributed by atoms with Crippen LogP contribution in [0.3, 0.4) is 0 Å². The summed E-state index contributed by atoms with van der Waals surface area (Å²) in [6.07, 6.45) is 0.160. The van der Waals surface area contributed by atoms with E-state index in [-0.39, 0.29) is 12.2 Å². The van der Waals surface area contributed by atoms with Crippen LogP contribution in [0.2, 0.25) is 0 Å². The van der Waals surface area contributed by atoms with E-state index in [9.17, 15) is 9.59 Å². The molecule has 0 N–H and O–H groups in total. The topological polar surface area (TPSA) is 37.4 Å². The highest BCUT2D eigenvalue weighted by atomic mass is 16.2. The van der Waals surface area contributed by atoms with Crippen molar-refractivity contribution in [3.8, 4) is 0 Å². The van der Waals surface area contributed by atoms with Gasteiger partial charge in [-0.05, 0) is 23.8 Å². The van der Waals surface area contributed by atoms with Crippen LogP contribution in [0.5, 0.6) is 0 Å². The molecule has 1 heterocycles. The molecular weight excluding hydrogens is 238 g/mol. The van der Waals surface area contributed by atoms with E-state index in [1.165, 1.54) is 0 Å². The molecule has 0 saturated carbocycles. The molecule has 3 heteroatoms. The second-order valence-corrected chi connectivity index (χ2v) is 4.63. The quantitative estimate of drug-likeness (QED) is 0.676.